The van der Waals surface area contributed by atoms with Crippen molar-refractivity contribution >= 4 is 33.4 Å². The monoisotopic (exact) mass is 974 g/mol. The fraction of sp³-hybridized carbons (Fsp3) is 0.688. The van der Waals surface area contributed by atoms with E-state index in [2.05, 4.69) is 71.5 Å². The van der Waals surface area contributed by atoms with Gasteiger partial charge in [0.2, 0.25) is 0 Å². The summed E-state index contributed by atoms with van der Waals surface area (Å²) in [5, 5.41) is 30.5. The lowest BCUT2D eigenvalue weighted by Gasteiger charge is -2.20. The minimum Gasteiger partial charge on any atom is -0.462 e. The second-order valence-electron chi connectivity index (χ2n) is 16.5. The van der Waals surface area contributed by atoms with Gasteiger partial charge < -0.3 is 39.5 Å². The molecular weight excluding hydrogens is 894 g/mol. The van der Waals surface area contributed by atoms with E-state index in [9.17, 15) is 43.7 Å². The Labute approximate surface area is 393 Å². The van der Waals surface area contributed by atoms with Gasteiger partial charge in [0.15, 0.2) is 6.10 Å². The number of unbranched alkanes of at least 4 members (excludes halogenated alkanes) is 9. The number of hydrogen-bond donors (Lipinski definition) is 6. The molecule has 1 saturated carbocycles. The van der Waals surface area contributed by atoms with Crippen LogP contribution < -0.4 is 0 Å². The zero-order valence-corrected chi connectivity index (χ0v) is 41.0. The number of aliphatic hydroxyl groups is 3. The van der Waals surface area contributed by atoms with Gasteiger partial charge in [-0.15, -0.1) is 0 Å². The van der Waals surface area contributed by atoms with E-state index in [4.69, 9.17) is 23.8 Å². The molecule has 0 bridgehead atoms. The lowest BCUT2D eigenvalue weighted by molar-refractivity contribution is -0.161. The fourth-order valence-electron chi connectivity index (χ4n) is 6.72. The molecule has 0 radical (unpaired) electrons. The Kier molecular flexibility index (Phi) is 35.3. The standard InChI is InChI=1S/C48H80O16P2/c1-3-5-7-8-9-10-11-12-13-14-15-16-17-18-19-20-21-22-27-31-47(53)60-38-42(39-63-66(58,59)62-37-41(50)36-61-65(55,56)57)64-48(54)32-28-24-23-26-30-43-44(46(52)35-45(43)51)34-33-40(49)29-25-6-4-2/h9-10,12-13,15-16,18-19,23,26,33-34,40-44,46,49-50,52H,3-8,11,14,17,20-22,24-25,27-32,35-39H2,1-2H3,(H,58,59)(H2,55,56,57)/b10-9-,13-12-,16-15-,19-18-,26-23-,34-33+/t40-,41-,42+,43+,44+,46+/m0/s1. The van der Waals surface area contributed by atoms with Crippen LogP contribution in [-0.2, 0) is 46.6 Å². The van der Waals surface area contributed by atoms with Crippen LogP contribution >= 0.6 is 15.6 Å². The number of ether oxygens (including phenoxy) is 2. The molecule has 0 spiro atoms. The van der Waals surface area contributed by atoms with Gasteiger partial charge >= 0.3 is 27.6 Å². The first kappa shape index (κ1) is 61.2. The average molecular weight is 975 g/mol. The summed E-state index contributed by atoms with van der Waals surface area (Å²) >= 11 is 0. The molecule has 0 aliphatic heterocycles. The summed E-state index contributed by atoms with van der Waals surface area (Å²) in [6, 6.07) is 0. The summed E-state index contributed by atoms with van der Waals surface area (Å²) < 4.78 is 47.8. The second kappa shape index (κ2) is 38.1. The molecule has 66 heavy (non-hydrogen) atoms. The molecule has 7 atom stereocenters. The highest BCUT2D eigenvalue weighted by atomic mass is 31.2. The molecule has 0 heterocycles. The molecule has 16 nitrogen and oxygen atoms in total. The Morgan fingerprint density at radius 2 is 1.21 bits per heavy atom. The van der Waals surface area contributed by atoms with Crippen molar-refractivity contribution in [3.8, 4) is 0 Å². The van der Waals surface area contributed by atoms with Crippen molar-refractivity contribution < 1.29 is 76.6 Å². The van der Waals surface area contributed by atoms with Crippen molar-refractivity contribution in [1.82, 2.24) is 0 Å². The Morgan fingerprint density at radius 1 is 0.667 bits per heavy atom. The number of ketones is 1. The Morgan fingerprint density at radius 3 is 1.85 bits per heavy atom. The number of esters is 2. The van der Waals surface area contributed by atoms with Crippen LogP contribution in [0.25, 0.3) is 0 Å². The van der Waals surface area contributed by atoms with Crippen LogP contribution in [0, 0.1) is 11.8 Å². The zero-order chi connectivity index (χ0) is 48.9. The van der Waals surface area contributed by atoms with E-state index >= 15 is 0 Å². The van der Waals surface area contributed by atoms with Gasteiger partial charge in [-0.3, -0.25) is 28.0 Å². The highest BCUT2D eigenvalue weighted by Gasteiger charge is 2.39. The van der Waals surface area contributed by atoms with Gasteiger partial charge in [-0.05, 0) is 77.0 Å². The molecule has 18 heteroatoms. The van der Waals surface area contributed by atoms with E-state index in [1.54, 1.807) is 12.2 Å². The van der Waals surface area contributed by atoms with Crippen molar-refractivity contribution in [2.45, 2.75) is 173 Å². The minimum atomic E-state index is -4.91. The lowest BCUT2D eigenvalue weighted by atomic mass is 9.90. The molecule has 1 rings (SSSR count). The smallest absolute Gasteiger partial charge is 0.462 e. The minimum absolute atomic E-state index is 0.0486. The predicted molar refractivity (Wildman–Crippen MR) is 254 cm³/mol. The Balaban J connectivity index is 2.57. The van der Waals surface area contributed by atoms with Crippen LogP contribution in [0.4, 0.5) is 0 Å². The molecule has 1 aliphatic rings. The maximum absolute atomic E-state index is 12.8. The predicted octanol–water partition coefficient (Wildman–Crippen LogP) is 9.15. The molecule has 0 aromatic rings. The van der Waals surface area contributed by atoms with Crippen molar-refractivity contribution in [2.75, 3.05) is 26.4 Å². The third kappa shape index (κ3) is 34.4. The number of allylic oxidation sites excluding steroid dienone is 10. The first-order valence-corrected chi connectivity index (χ1v) is 26.8. The number of phosphoric ester groups is 2. The third-order valence-corrected chi connectivity index (χ3v) is 11.9. The van der Waals surface area contributed by atoms with E-state index in [1.165, 1.54) is 19.3 Å². The van der Waals surface area contributed by atoms with Gasteiger partial charge in [0, 0.05) is 31.1 Å². The summed E-state index contributed by atoms with van der Waals surface area (Å²) in [4.78, 5) is 65.6. The van der Waals surface area contributed by atoms with Crippen LogP contribution in [0.1, 0.15) is 149 Å². The maximum Gasteiger partial charge on any atom is 0.472 e. The molecule has 378 valence electrons. The normalized spacial score (nSPS) is 19.6. The summed E-state index contributed by atoms with van der Waals surface area (Å²) in [7, 11) is -9.81. The van der Waals surface area contributed by atoms with Crippen LogP contribution in [0.3, 0.4) is 0 Å². The van der Waals surface area contributed by atoms with Crippen LogP contribution in [-0.4, -0.2) is 98.6 Å². The number of rotatable bonds is 40. The summed E-state index contributed by atoms with van der Waals surface area (Å²) in [6.45, 7) is 1.28. The van der Waals surface area contributed by atoms with Gasteiger partial charge in [-0.25, -0.2) is 9.13 Å². The first-order valence-electron chi connectivity index (χ1n) is 23.7. The quantitative estimate of drug-likeness (QED) is 0.0145. The van der Waals surface area contributed by atoms with E-state index in [0.717, 1.165) is 64.2 Å². The highest BCUT2D eigenvalue weighted by Crippen LogP contribution is 2.44. The van der Waals surface area contributed by atoms with Crippen molar-refractivity contribution in [3.05, 3.63) is 72.9 Å². The van der Waals surface area contributed by atoms with E-state index in [1.807, 2.05) is 12.2 Å². The lowest BCUT2D eigenvalue weighted by Crippen LogP contribution is -2.29. The molecular formula is C48H80O16P2. The number of carbonyl (C=O) groups excluding carboxylic acids is 3. The van der Waals surface area contributed by atoms with E-state index < -0.39 is 90.3 Å². The van der Waals surface area contributed by atoms with E-state index in [-0.39, 0.29) is 25.0 Å². The number of aliphatic hydroxyl groups excluding tert-OH is 3. The molecule has 0 amide bonds. The van der Waals surface area contributed by atoms with Crippen LogP contribution in [0.2, 0.25) is 0 Å². The van der Waals surface area contributed by atoms with Crippen molar-refractivity contribution in [2.24, 2.45) is 11.8 Å². The topological polar surface area (TPSA) is 253 Å². The number of Topliss-reactive ketones (excluding diaryl/α,β-unsaturated/α-hetero) is 1. The fourth-order valence-corrected chi connectivity index (χ4v) is 7.88. The molecule has 0 saturated heterocycles. The number of carbonyl (C=O) groups is 3. The van der Waals surface area contributed by atoms with Gasteiger partial charge in [0.25, 0.3) is 0 Å². The first-order chi connectivity index (χ1) is 31.6. The summed E-state index contributed by atoms with van der Waals surface area (Å²) in [5.41, 5.74) is 0. The van der Waals surface area contributed by atoms with Gasteiger partial charge in [-0.2, -0.15) is 0 Å². The number of phosphoric acid groups is 2. The van der Waals surface area contributed by atoms with Crippen LogP contribution in [0.15, 0.2) is 72.9 Å². The Hall–Kier alpha value is -2.85. The van der Waals surface area contributed by atoms with Crippen molar-refractivity contribution in [3.63, 3.8) is 0 Å². The Bertz CT molecular complexity index is 1600. The highest BCUT2D eigenvalue weighted by molar-refractivity contribution is 7.47. The molecule has 1 unspecified atom stereocenters. The van der Waals surface area contributed by atoms with Gasteiger partial charge in [0.1, 0.15) is 18.5 Å². The molecule has 1 aliphatic carbocycles. The molecule has 1 fully saturated rings. The average Bonchev–Trinajstić information content (AvgIpc) is 3.54. The molecule has 0 aromatic carbocycles. The second-order valence-corrected chi connectivity index (χ2v) is 19.1. The van der Waals surface area contributed by atoms with Gasteiger partial charge in [0.05, 0.1) is 32.0 Å². The third-order valence-electron chi connectivity index (χ3n) is 10.4. The maximum atomic E-state index is 12.8. The summed E-state index contributed by atoms with van der Waals surface area (Å²) in [6.07, 6.45) is 35.4. The zero-order valence-electron chi connectivity index (χ0n) is 39.2. The number of hydrogen-bond acceptors (Lipinski definition) is 13. The summed E-state index contributed by atoms with van der Waals surface area (Å²) in [5.74, 6) is -2.16. The van der Waals surface area contributed by atoms with Gasteiger partial charge in [-0.1, -0.05) is 125 Å². The van der Waals surface area contributed by atoms with E-state index in [0.29, 0.717) is 32.1 Å². The largest absolute Gasteiger partial charge is 0.472 e. The SMILES string of the molecule is CCCCC/C=C\C/C=C\C/C=C\C/C=C\CCCCCC(=O)OC[C@H](COP(=O)(O)OC[C@@H](O)COP(=O)(O)O)OC(=O)CCC/C=C\C[C@H]1C(=O)C[C@@H](O)[C@@H]1/C=C/[C@@H](O)CCCCC. The van der Waals surface area contributed by atoms with Crippen LogP contribution in [0.5, 0.6) is 0 Å². The molecule has 0 aromatic heterocycles. The van der Waals surface area contributed by atoms with Crippen molar-refractivity contribution in [1.29, 1.82) is 0 Å². The molecule has 6 N–H and O–H groups in total.